The summed E-state index contributed by atoms with van der Waals surface area (Å²) in [5.41, 5.74) is 1.10. The number of hydrogen-bond acceptors (Lipinski definition) is 4. The fraction of sp³-hybridized carbons (Fsp3) is 0.333. The van der Waals surface area contributed by atoms with Crippen LogP contribution < -0.4 is 15.4 Å². The van der Waals surface area contributed by atoms with Gasteiger partial charge in [-0.25, -0.2) is 0 Å². The van der Waals surface area contributed by atoms with Crippen LogP contribution in [0.25, 0.3) is 0 Å². The molecule has 0 radical (unpaired) electrons. The second-order valence-corrected chi connectivity index (χ2v) is 5.18. The van der Waals surface area contributed by atoms with Crippen LogP contribution in [0.5, 0.6) is 5.75 Å². The zero-order chi connectivity index (χ0) is 13.3. The summed E-state index contributed by atoms with van der Waals surface area (Å²) in [4.78, 5) is 1.37. The maximum atomic E-state index is 5.47. The number of nitrogens with one attached hydrogen (secondary N) is 2. The summed E-state index contributed by atoms with van der Waals surface area (Å²) >= 11 is 1.79. The van der Waals surface area contributed by atoms with Gasteiger partial charge in [-0.2, -0.15) is 0 Å². The molecule has 4 heteroatoms. The zero-order valence-electron chi connectivity index (χ0n) is 11.2. The Bertz CT molecular complexity index is 471. The minimum absolute atomic E-state index is 0.700. The lowest BCUT2D eigenvalue weighted by atomic mass is 10.3. The Labute approximate surface area is 118 Å². The van der Waals surface area contributed by atoms with Gasteiger partial charge in [0.2, 0.25) is 0 Å². The monoisotopic (exact) mass is 276 g/mol. The molecule has 102 valence electrons. The Morgan fingerprint density at radius 3 is 2.89 bits per heavy atom. The van der Waals surface area contributed by atoms with Gasteiger partial charge >= 0.3 is 0 Å². The number of anilines is 1. The van der Waals surface area contributed by atoms with E-state index in [1.54, 1.807) is 11.3 Å². The van der Waals surface area contributed by atoms with Crippen molar-refractivity contribution in [2.45, 2.75) is 13.5 Å². The van der Waals surface area contributed by atoms with Gasteiger partial charge in [0.25, 0.3) is 0 Å². The number of benzene rings is 1. The van der Waals surface area contributed by atoms with E-state index in [1.807, 2.05) is 25.1 Å². The lowest BCUT2D eigenvalue weighted by Crippen LogP contribution is -2.21. The summed E-state index contributed by atoms with van der Waals surface area (Å²) in [6, 6.07) is 12.3. The molecule has 2 aromatic rings. The Hall–Kier alpha value is -1.52. The molecule has 1 aromatic carbocycles. The van der Waals surface area contributed by atoms with Crippen LogP contribution in [0.2, 0.25) is 0 Å². The molecule has 0 saturated heterocycles. The average molecular weight is 276 g/mol. The predicted octanol–water partition coefficient (Wildman–Crippen LogP) is 3.35. The predicted molar refractivity (Wildman–Crippen MR) is 82.1 cm³/mol. The summed E-state index contributed by atoms with van der Waals surface area (Å²) in [6.45, 7) is 5.48. The van der Waals surface area contributed by atoms with Crippen LogP contribution in [0, 0.1) is 0 Å². The highest BCUT2D eigenvalue weighted by atomic mass is 32.1. The van der Waals surface area contributed by atoms with Crippen molar-refractivity contribution in [2.24, 2.45) is 0 Å². The van der Waals surface area contributed by atoms with Gasteiger partial charge < -0.3 is 15.4 Å². The second kappa shape index (κ2) is 7.81. The maximum absolute atomic E-state index is 5.47. The average Bonchev–Trinajstić information content (AvgIpc) is 2.92. The molecule has 0 fully saturated rings. The van der Waals surface area contributed by atoms with E-state index in [1.165, 1.54) is 4.88 Å². The third-order valence-electron chi connectivity index (χ3n) is 2.66. The first-order valence-electron chi connectivity index (χ1n) is 6.58. The molecule has 0 aliphatic carbocycles. The molecule has 0 atom stereocenters. The van der Waals surface area contributed by atoms with Gasteiger partial charge in [-0.15, -0.1) is 11.3 Å². The largest absolute Gasteiger partial charge is 0.494 e. The highest BCUT2D eigenvalue weighted by Gasteiger charge is 1.96. The molecule has 0 bridgehead atoms. The molecule has 0 aliphatic heterocycles. The van der Waals surface area contributed by atoms with Gasteiger partial charge in [0.15, 0.2) is 0 Å². The SMILES string of the molecule is CCOc1cccc(NCCNCc2cccs2)c1. The minimum atomic E-state index is 0.700. The van der Waals surface area contributed by atoms with Gasteiger partial charge in [0, 0.05) is 36.3 Å². The minimum Gasteiger partial charge on any atom is -0.494 e. The normalized spacial score (nSPS) is 10.4. The topological polar surface area (TPSA) is 33.3 Å². The highest BCUT2D eigenvalue weighted by Crippen LogP contribution is 2.16. The molecule has 1 heterocycles. The fourth-order valence-corrected chi connectivity index (χ4v) is 2.46. The molecule has 1 aromatic heterocycles. The van der Waals surface area contributed by atoms with Gasteiger partial charge in [-0.1, -0.05) is 12.1 Å². The fourth-order valence-electron chi connectivity index (χ4n) is 1.78. The van der Waals surface area contributed by atoms with Crippen LogP contribution in [-0.4, -0.2) is 19.7 Å². The van der Waals surface area contributed by atoms with Crippen LogP contribution in [0.4, 0.5) is 5.69 Å². The molecule has 0 saturated carbocycles. The van der Waals surface area contributed by atoms with Gasteiger partial charge in [0.05, 0.1) is 6.61 Å². The molecule has 2 N–H and O–H groups in total. The third-order valence-corrected chi connectivity index (χ3v) is 3.53. The number of thiophene rings is 1. The van der Waals surface area contributed by atoms with Crippen molar-refractivity contribution in [3.8, 4) is 5.75 Å². The number of rotatable bonds is 8. The Kier molecular flexibility index (Phi) is 5.72. The molecule has 3 nitrogen and oxygen atoms in total. The first-order chi connectivity index (χ1) is 9.38. The van der Waals surface area contributed by atoms with Crippen LogP contribution in [0.1, 0.15) is 11.8 Å². The van der Waals surface area contributed by atoms with E-state index in [-0.39, 0.29) is 0 Å². The molecule has 0 aliphatic rings. The van der Waals surface area contributed by atoms with E-state index in [0.717, 1.165) is 31.1 Å². The molecule has 2 rings (SSSR count). The molecule has 0 amide bonds. The van der Waals surface area contributed by atoms with Crippen molar-refractivity contribution in [1.82, 2.24) is 5.32 Å². The van der Waals surface area contributed by atoms with Gasteiger partial charge in [-0.05, 0) is 30.5 Å². The van der Waals surface area contributed by atoms with Crippen molar-refractivity contribution in [1.29, 1.82) is 0 Å². The summed E-state index contributed by atoms with van der Waals surface area (Å²) in [5, 5.41) is 8.90. The Morgan fingerprint density at radius 2 is 2.11 bits per heavy atom. The zero-order valence-corrected chi connectivity index (χ0v) is 12.0. The van der Waals surface area contributed by atoms with E-state index < -0.39 is 0 Å². The van der Waals surface area contributed by atoms with Crippen molar-refractivity contribution < 1.29 is 4.74 Å². The standard InChI is InChI=1S/C15H20N2OS/c1-2-18-14-6-3-5-13(11-14)17-9-8-16-12-15-7-4-10-19-15/h3-7,10-11,16-17H,2,8-9,12H2,1H3. The number of ether oxygens (including phenoxy) is 1. The molecular formula is C15H20N2OS. The van der Waals surface area contributed by atoms with E-state index in [2.05, 4.69) is 34.2 Å². The van der Waals surface area contributed by atoms with E-state index in [4.69, 9.17) is 4.74 Å². The van der Waals surface area contributed by atoms with Crippen molar-refractivity contribution >= 4 is 17.0 Å². The third kappa shape index (κ3) is 4.93. The van der Waals surface area contributed by atoms with Crippen LogP contribution >= 0.6 is 11.3 Å². The maximum Gasteiger partial charge on any atom is 0.121 e. The number of hydrogen-bond donors (Lipinski definition) is 2. The summed E-state index contributed by atoms with van der Waals surface area (Å²) in [5.74, 6) is 0.916. The molecule has 0 unspecified atom stereocenters. The highest BCUT2D eigenvalue weighted by molar-refractivity contribution is 7.09. The van der Waals surface area contributed by atoms with Gasteiger partial charge in [0.1, 0.15) is 5.75 Å². The summed E-state index contributed by atoms with van der Waals surface area (Å²) in [6.07, 6.45) is 0. The lowest BCUT2D eigenvalue weighted by Gasteiger charge is -2.09. The van der Waals surface area contributed by atoms with Crippen LogP contribution in [0.3, 0.4) is 0 Å². The smallest absolute Gasteiger partial charge is 0.121 e. The van der Waals surface area contributed by atoms with Crippen molar-refractivity contribution in [3.63, 3.8) is 0 Å². The van der Waals surface area contributed by atoms with Crippen molar-refractivity contribution in [3.05, 3.63) is 46.7 Å². The molecule has 0 spiro atoms. The van der Waals surface area contributed by atoms with E-state index in [0.29, 0.717) is 6.61 Å². The Balaban J connectivity index is 1.66. The van der Waals surface area contributed by atoms with Crippen LogP contribution in [0.15, 0.2) is 41.8 Å². The summed E-state index contributed by atoms with van der Waals surface area (Å²) < 4.78 is 5.47. The van der Waals surface area contributed by atoms with Gasteiger partial charge in [-0.3, -0.25) is 0 Å². The first-order valence-corrected chi connectivity index (χ1v) is 7.46. The van der Waals surface area contributed by atoms with E-state index >= 15 is 0 Å². The first kappa shape index (κ1) is 13.9. The second-order valence-electron chi connectivity index (χ2n) is 4.14. The van der Waals surface area contributed by atoms with Crippen LogP contribution in [-0.2, 0) is 6.54 Å². The lowest BCUT2D eigenvalue weighted by molar-refractivity contribution is 0.340. The van der Waals surface area contributed by atoms with Crippen molar-refractivity contribution in [2.75, 3.05) is 25.0 Å². The van der Waals surface area contributed by atoms with E-state index in [9.17, 15) is 0 Å². The quantitative estimate of drug-likeness (QED) is 0.725. The summed E-state index contributed by atoms with van der Waals surface area (Å²) in [7, 11) is 0. The molecular weight excluding hydrogens is 256 g/mol. The Morgan fingerprint density at radius 1 is 1.16 bits per heavy atom. The molecule has 19 heavy (non-hydrogen) atoms.